The normalized spacial score (nSPS) is 20.6. The quantitative estimate of drug-likeness (QED) is 0.872. The number of nitrogens with two attached hydrogens (primary N) is 1. The van der Waals surface area contributed by atoms with Crippen LogP contribution in [0.5, 0.6) is 0 Å². The first-order valence-electron chi connectivity index (χ1n) is 6.63. The zero-order valence-electron chi connectivity index (χ0n) is 10.8. The Balaban J connectivity index is 1.77. The summed E-state index contributed by atoms with van der Waals surface area (Å²) in [6, 6.07) is 10.2. The summed E-state index contributed by atoms with van der Waals surface area (Å²) in [6.45, 7) is 2.73. The van der Waals surface area contributed by atoms with Crippen molar-refractivity contribution >= 4 is 0 Å². The third kappa shape index (κ3) is 2.80. The molecule has 1 aromatic heterocycles. The molecule has 1 atom stereocenters. The van der Waals surface area contributed by atoms with Crippen LogP contribution in [0.3, 0.4) is 0 Å². The number of benzene rings is 1. The maximum atomic E-state index is 6.00. The molecule has 0 radical (unpaired) electrons. The second kappa shape index (κ2) is 5.46. The number of rotatable bonds is 3. The summed E-state index contributed by atoms with van der Waals surface area (Å²) in [5.74, 6) is 0.861. The lowest BCUT2D eigenvalue weighted by molar-refractivity contribution is 0.196. The van der Waals surface area contributed by atoms with E-state index in [-0.39, 0.29) is 6.04 Å². The lowest BCUT2D eigenvalue weighted by atomic mass is 10.1. The van der Waals surface area contributed by atoms with Crippen LogP contribution in [0.25, 0.3) is 5.69 Å². The lowest BCUT2D eigenvalue weighted by Gasteiger charge is -2.29. The Morgan fingerprint density at radius 2 is 2.11 bits per heavy atom. The van der Waals surface area contributed by atoms with Crippen LogP contribution in [0.15, 0.2) is 30.3 Å². The van der Waals surface area contributed by atoms with Crippen LogP contribution in [0.4, 0.5) is 0 Å². The molecular formula is C13H18N6. The van der Waals surface area contributed by atoms with Crippen LogP contribution in [0.1, 0.15) is 18.7 Å². The van der Waals surface area contributed by atoms with E-state index in [9.17, 15) is 0 Å². The highest BCUT2D eigenvalue weighted by molar-refractivity contribution is 5.30. The summed E-state index contributed by atoms with van der Waals surface area (Å²) < 4.78 is 1.79. The van der Waals surface area contributed by atoms with Crippen molar-refractivity contribution in [2.24, 2.45) is 5.73 Å². The molecule has 0 unspecified atom stereocenters. The molecule has 6 heteroatoms. The highest BCUT2D eigenvalue weighted by Gasteiger charge is 2.19. The molecule has 100 valence electrons. The van der Waals surface area contributed by atoms with E-state index in [1.165, 1.54) is 0 Å². The molecule has 2 heterocycles. The van der Waals surface area contributed by atoms with Crippen molar-refractivity contribution in [1.29, 1.82) is 0 Å². The Kier molecular flexibility index (Phi) is 3.52. The van der Waals surface area contributed by atoms with E-state index in [4.69, 9.17) is 5.73 Å². The Labute approximate surface area is 112 Å². The zero-order valence-corrected chi connectivity index (χ0v) is 10.8. The average molecular weight is 258 g/mol. The number of hydrogen-bond donors (Lipinski definition) is 1. The second-order valence-corrected chi connectivity index (χ2v) is 4.98. The van der Waals surface area contributed by atoms with Crippen molar-refractivity contribution in [3.05, 3.63) is 36.2 Å². The van der Waals surface area contributed by atoms with Gasteiger partial charge in [-0.15, -0.1) is 5.10 Å². The number of tetrazole rings is 1. The minimum Gasteiger partial charge on any atom is -0.327 e. The smallest absolute Gasteiger partial charge is 0.170 e. The van der Waals surface area contributed by atoms with E-state index < -0.39 is 0 Å². The fraction of sp³-hybridized carbons (Fsp3) is 0.462. The van der Waals surface area contributed by atoms with Gasteiger partial charge in [0.15, 0.2) is 5.82 Å². The van der Waals surface area contributed by atoms with Crippen LogP contribution in [-0.4, -0.2) is 44.2 Å². The predicted octanol–water partition coefficient (Wildman–Crippen LogP) is 0.585. The van der Waals surface area contributed by atoms with Gasteiger partial charge in [0.2, 0.25) is 0 Å². The van der Waals surface area contributed by atoms with E-state index in [0.29, 0.717) is 0 Å². The van der Waals surface area contributed by atoms with Gasteiger partial charge < -0.3 is 5.73 Å². The van der Waals surface area contributed by atoms with Gasteiger partial charge in [-0.25, -0.2) is 0 Å². The van der Waals surface area contributed by atoms with Crippen molar-refractivity contribution < 1.29 is 0 Å². The van der Waals surface area contributed by atoms with E-state index >= 15 is 0 Å². The molecule has 0 saturated carbocycles. The molecule has 19 heavy (non-hydrogen) atoms. The van der Waals surface area contributed by atoms with E-state index in [1.54, 1.807) is 4.68 Å². The number of likely N-dealkylation sites (tertiary alicyclic amines) is 1. The molecule has 2 aromatic rings. The largest absolute Gasteiger partial charge is 0.327 e. The summed E-state index contributed by atoms with van der Waals surface area (Å²) in [4.78, 5) is 2.32. The Bertz CT molecular complexity index is 523. The Morgan fingerprint density at radius 1 is 1.26 bits per heavy atom. The first-order valence-corrected chi connectivity index (χ1v) is 6.63. The molecule has 1 aromatic carbocycles. The van der Waals surface area contributed by atoms with E-state index in [0.717, 1.165) is 44.0 Å². The monoisotopic (exact) mass is 258 g/mol. The van der Waals surface area contributed by atoms with Crippen molar-refractivity contribution in [2.75, 3.05) is 13.1 Å². The average Bonchev–Trinajstić information content (AvgIpc) is 2.88. The maximum Gasteiger partial charge on any atom is 0.170 e. The highest BCUT2D eigenvalue weighted by Crippen LogP contribution is 2.13. The molecular weight excluding hydrogens is 240 g/mol. The van der Waals surface area contributed by atoms with Gasteiger partial charge >= 0.3 is 0 Å². The summed E-state index contributed by atoms with van der Waals surface area (Å²) in [6.07, 6.45) is 2.26. The van der Waals surface area contributed by atoms with Crippen LogP contribution in [0.2, 0.25) is 0 Å². The van der Waals surface area contributed by atoms with E-state index in [1.807, 2.05) is 30.3 Å². The molecule has 3 rings (SSSR count). The number of para-hydroxylation sites is 1. The molecule has 1 aliphatic heterocycles. The summed E-state index contributed by atoms with van der Waals surface area (Å²) in [5.41, 5.74) is 6.99. The maximum absolute atomic E-state index is 6.00. The van der Waals surface area contributed by atoms with Gasteiger partial charge in [-0.2, -0.15) is 4.68 Å². The first-order chi connectivity index (χ1) is 9.33. The number of piperidine rings is 1. The lowest BCUT2D eigenvalue weighted by Crippen LogP contribution is -2.42. The molecule has 0 amide bonds. The van der Waals surface area contributed by atoms with E-state index in [2.05, 4.69) is 20.4 Å². The van der Waals surface area contributed by atoms with Crippen molar-refractivity contribution in [2.45, 2.75) is 25.4 Å². The van der Waals surface area contributed by atoms with Crippen LogP contribution < -0.4 is 5.73 Å². The first kappa shape index (κ1) is 12.3. The molecule has 1 aliphatic rings. The molecule has 6 nitrogen and oxygen atoms in total. The highest BCUT2D eigenvalue weighted by atomic mass is 15.5. The molecule has 2 N–H and O–H groups in total. The van der Waals surface area contributed by atoms with Crippen molar-refractivity contribution in [3.63, 3.8) is 0 Å². The molecule has 0 aliphatic carbocycles. The summed E-state index contributed by atoms with van der Waals surface area (Å²) in [7, 11) is 0. The van der Waals surface area contributed by atoms with Gasteiger partial charge in [0.1, 0.15) is 0 Å². The molecule has 0 bridgehead atoms. The minimum absolute atomic E-state index is 0.273. The Hall–Kier alpha value is -1.79. The minimum atomic E-state index is 0.273. The van der Waals surface area contributed by atoms with Gasteiger partial charge in [-0.3, -0.25) is 4.90 Å². The van der Waals surface area contributed by atoms with Gasteiger partial charge in [-0.1, -0.05) is 18.2 Å². The summed E-state index contributed by atoms with van der Waals surface area (Å²) in [5, 5.41) is 12.0. The molecule has 1 saturated heterocycles. The van der Waals surface area contributed by atoms with Crippen molar-refractivity contribution in [3.8, 4) is 5.69 Å². The standard InChI is InChI=1S/C13H18N6/c14-11-5-4-8-18(9-11)10-13-15-16-17-19(13)12-6-2-1-3-7-12/h1-3,6-7,11H,4-5,8-10,14H2/t11-/m1/s1. The SMILES string of the molecule is N[C@@H]1CCCN(Cc2nnnn2-c2ccccc2)C1. The predicted molar refractivity (Wildman–Crippen MR) is 71.6 cm³/mol. The molecule has 0 spiro atoms. The fourth-order valence-electron chi connectivity index (χ4n) is 2.51. The third-order valence-electron chi connectivity index (χ3n) is 3.44. The number of aromatic nitrogens is 4. The van der Waals surface area contributed by atoms with Gasteiger partial charge in [0.25, 0.3) is 0 Å². The third-order valence-corrected chi connectivity index (χ3v) is 3.44. The molecule has 1 fully saturated rings. The van der Waals surface area contributed by atoms with Gasteiger partial charge in [-0.05, 0) is 41.9 Å². The zero-order chi connectivity index (χ0) is 13.1. The fourth-order valence-corrected chi connectivity index (χ4v) is 2.51. The van der Waals surface area contributed by atoms with Crippen molar-refractivity contribution in [1.82, 2.24) is 25.1 Å². The number of nitrogens with zero attached hydrogens (tertiary/aromatic N) is 5. The van der Waals surface area contributed by atoms with Crippen LogP contribution >= 0.6 is 0 Å². The number of hydrogen-bond acceptors (Lipinski definition) is 5. The topological polar surface area (TPSA) is 72.9 Å². The van der Waals surface area contributed by atoms with Gasteiger partial charge in [0.05, 0.1) is 12.2 Å². The van der Waals surface area contributed by atoms with Gasteiger partial charge in [0, 0.05) is 12.6 Å². The van der Waals surface area contributed by atoms with Crippen LogP contribution in [-0.2, 0) is 6.54 Å². The van der Waals surface area contributed by atoms with Crippen LogP contribution in [0, 0.1) is 0 Å². The summed E-state index contributed by atoms with van der Waals surface area (Å²) >= 11 is 0. The Morgan fingerprint density at radius 3 is 2.89 bits per heavy atom. The second-order valence-electron chi connectivity index (χ2n) is 4.98.